The molecule has 8 heteroatoms. The summed E-state index contributed by atoms with van der Waals surface area (Å²) in [7, 11) is 0. The molecule has 148 valence electrons. The maximum absolute atomic E-state index is 13.6. The molecule has 1 fully saturated rings. The Morgan fingerprint density at radius 2 is 1.83 bits per heavy atom. The molecule has 2 aliphatic heterocycles. The van der Waals surface area contributed by atoms with Gasteiger partial charge in [-0.1, -0.05) is 41.4 Å². The highest BCUT2D eigenvalue weighted by atomic mass is 35.5. The molecule has 2 aliphatic rings. The second-order valence-corrected chi connectivity index (χ2v) is 7.33. The number of hydrazone groups is 1. The normalized spacial score (nSPS) is 22.9. The Labute approximate surface area is 172 Å². The monoisotopic (exact) mass is 411 g/mol. The van der Waals surface area contributed by atoms with E-state index in [1.807, 2.05) is 19.1 Å². The number of nitrogens with zero attached hydrogens (tertiary/aromatic N) is 2. The predicted octanol–water partition coefficient (Wildman–Crippen LogP) is 2.56. The summed E-state index contributed by atoms with van der Waals surface area (Å²) in [6, 6.07) is 13.6. The molecule has 0 aliphatic carbocycles. The van der Waals surface area contributed by atoms with E-state index in [9.17, 15) is 14.4 Å². The molecule has 2 heterocycles. The van der Waals surface area contributed by atoms with Crippen molar-refractivity contribution in [3.63, 3.8) is 0 Å². The van der Waals surface area contributed by atoms with E-state index in [4.69, 9.17) is 16.3 Å². The van der Waals surface area contributed by atoms with Gasteiger partial charge >= 0.3 is 5.97 Å². The second kappa shape index (κ2) is 7.00. The van der Waals surface area contributed by atoms with E-state index in [0.29, 0.717) is 16.3 Å². The third-order valence-electron chi connectivity index (χ3n) is 5.14. The van der Waals surface area contributed by atoms with Gasteiger partial charge in [0, 0.05) is 5.02 Å². The van der Waals surface area contributed by atoms with Gasteiger partial charge in [0.25, 0.3) is 5.91 Å². The highest BCUT2D eigenvalue weighted by molar-refractivity contribution is 6.47. The van der Waals surface area contributed by atoms with Gasteiger partial charge in [-0.25, -0.2) is 9.69 Å². The highest BCUT2D eigenvalue weighted by Gasteiger charge is 2.67. The number of anilines is 1. The molecule has 7 nitrogen and oxygen atoms in total. The molecule has 2 amide bonds. The maximum Gasteiger partial charge on any atom is 0.355 e. The van der Waals surface area contributed by atoms with Crippen LogP contribution in [0.2, 0.25) is 5.02 Å². The van der Waals surface area contributed by atoms with Crippen LogP contribution in [-0.4, -0.2) is 30.1 Å². The molecule has 0 radical (unpaired) electrons. The molecule has 2 atom stereocenters. The number of benzene rings is 2. The summed E-state index contributed by atoms with van der Waals surface area (Å²) in [4.78, 5) is 40.5. The Kier molecular flexibility index (Phi) is 4.62. The Hall–Kier alpha value is -3.19. The van der Waals surface area contributed by atoms with Gasteiger partial charge in [-0.05, 0) is 43.7 Å². The van der Waals surface area contributed by atoms with Crippen molar-refractivity contribution >= 4 is 40.8 Å². The summed E-state index contributed by atoms with van der Waals surface area (Å²) in [5.74, 6) is -2.91. The minimum atomic E-state index is -1.51. The van der Waals surface area contributed by atoms with Crippen LogP contribution in [0, 0.1) is 12.8 Å². The molecule has 0 unspecified atom stereocenters. The number of aryl methyl sites for hydroxylation is 1. The third kappa shape index (κ3) is 2.81. The number of rotatable bonds is 4. The van der Waals surface area contributed by atoms with E-state index in [2.05, 4.69) is 10.5 Å². The van der Waals surface area contributed by atoms with Crippen LogP contribution in [-0.2, 0) is 24.7 Å². The first-order valence-corrected chi connectivity index (χ1v) is 9.51. The number of hydrogen-bond acceptors (Lipinski definition) is 6. The number of carbonyl (C=O) groups excluding carboxylic acids is 3. The van der Waals surface area contributed by atoms with E-state index >= 15 is 0 Å². The summed E-state index contributed by atoms with van der Waals surface area (Å²) >= 11 is 5.94. The third-order valence-corrected chi connectivity index (χ3v) is 5.40. The van der Waals surface area contributed by atoms with Crippen LogP contribution in [0.4, 0.5) is 5.69 Å². The number of fused-ring (bicyclic) bond motifs is 1. The SMILES string of the molecule is CCOC(=O)C1=NN[C@]2(c3ccc(C)cc3)C(=O)N(c3ccc(Cl)cc3)C(=O)[C@H]12. The lowest BCUT2D eigenvalue weighted by molar-refractivity contribution is -0.136. The average Bonchev–Trinajstić information content (AvgIpc) is 3.20. The van der Waals surface area contributed by atoms with Gasteiger partial charge in [0.1, 0.15) is 5.92 Å². The van der Waals surface area contributed by atoms with Crippen LogP contribution >= 0.6 is 11.6 Å². The molecule has 1 saturated heterocycles. The Balaban J connectivity index is 1.86. The largest absolute Gasteiger partial charge is 0.461 e. The van der Waals surface area contributed by atoms with E-state index in [1.54, 1.807) is 43.3 Å². The van der Waals surface area contributed by atoms with Gasteiger partial charge in [-0.2, -0.15) is 5.10 Å². The van der Waals surface area contributed by atoms with Crippen molar-refractivity contribution in [1.82, 2.24) is 5.43 Å². The predicted molar refractivity (Wildman–Crippen MR) is 107 cm³/mol. The zero-order valence-corrected chi connectivity index (χ0v) is 16.6. The van der Waals surface area contributed by atoms with Crippen molar-refractivity contribution < 1.29 is 19.1 Å². The number of imide groups is 1. The molecule has 0 spiro atoms. The van der Waals surface area contributed by atoms with E-state index in [1.165, 1.54) is 0 Å². The van der Waals surface area contributed by atoms with E-state index in [0.717, 1.165) is 10.5 Å². The molecular formula is C21H18ClN3O4. The van der Waals surface area contributed by atoms with Gasteiger partial charge < -0.3 is 4.74 Å². The lowest BCUT2D eigenvalue weighted by Gasteiger charge is -2.26. The first-order valence-electron chi connectivity index (χ1n) is 9.13. The first-order chi connectivity index (χ1) is 13.9. The first kappa shape index (κ1) is 19.1. The minimum absolute atomic E-state index is 0.109. The average molecular weight is 412 g/mol. The zero-order chi connectivity index (χ0) is 20.8. The van der Waals surface area contributed by atoms with Crippen molar-refractivity contribution in [1.29, 1.82) is 0 Å². The van der Waals surface area contributed by atoms with Gasteiger partial charge in [-0.15, -0.1) is 0 Å². The standard InChI is InChI=1S/C21H18ClN3O4/c1-3-29-19(27)17-16-18(26)25(15-10-8-14(22)9-11-15)20(28)21(16,24-23-17)13-6-4-12(2)5-7-13/h4-11,16,24H,3H2,1-2H3/t16-,21-/m0/s1. The fourth-order valence-electron chi connectivity index (χ4n) is 3.74. The quantitative estimate of drug-likeness (QED) is 0.617. The van der Waals surface area contributed by atoms with Crippen LogP contribution < -0.4 is 10.3 Å². The Morgan fingerprint density at radius 3 is 2.45 bits per heavy atom. The lowest BCUT2D eigenvalue weighted by atomic mass is 9.78. The van der Waals surface area contributed by atoms with Gasteiger partial charge in [0.15, 0.2) is 11.3 Å². The van der Waals surface area contributed by atoms with Crippen LogP contribution in [0.25, 0.3) is 0 Å². The number of amides is 2. The highest BCUT2D eigenvalue weighted by Crippen LogP contribution is 2.45. The van der Waals surface area contributed by atoms with Crippen molar-refractivity contribution in [3.05, 3.63) is 64.7 Å². The smallest absolute Gasteiger partial charge is 0.355 e. The number of carbonyl (C=O) groups is 3. The molecule has 29 heavy (non-hydrogen) atoms. The number of nitrogens with one attached hydrogen (secondary N) is 1. The van der Waals surface area contributed by atoms with Crippen molar-refractivity contribution in [3.8, 4) is 0 Å². The molecule has 0 saturated carbocycles. The summed E-state index contributed by atoms with van der Waals surface area (Å²) in [6.45, 7) is 3.71. The van der Waals surface area contributed by atoms with Crippen LogP contribution in [0.15, 0.2) is 53.6 Å². The Morgan fingerprint density at radius 1 is 1.17 bits per heavy atom. The molecular weight excluding hydrogens is 394 g/mol. The molecule has 0 aromatic heterocycles. The van der Waals surface area contributed by atoms with Gasteiger partial charge in [0.05, 0.1) is 12.3 Å². The van der Waals surface area contributed by atoms with Crippen molar-refractivity contribution in [2.75, 3.05) is 11.5 Å². The fraction of sp³-hybridized carbons (Fsp3) is 0.238. The Bertz CT molecular complexity index is 1030. The minimum Gasteiger partial charge on any atom is -0.461 e. The molecule has 4 rings (SSSR count). The second-order valence-electron chi connectivity index (χ2n) is 6.89. The van der Waals surface area contributed by atoms with Crippen LogP contribution in [0.3, 0.4) is 0 Å². The number of halogens is 1. The molecule has 1 N–H and O–H groups in total. The van der Waals surface area contributed by atoms with Gasteiger partial charge in [-0.3, -0.25) is 15.0 Å². The van der Waals surface area contributed by atoms with E-state index < -0.39 is 29.2 Å². The lowest BCUT2D eigenvalue weighted by Crippen LogP contribution is -2.48. The fourth-order valence-corrected chi connectivity index (χ4v) is 3.86. The van der Waals surface area contributed by atoms with E-state index in [-0.39, 0.29) is 12.3 Å². The van der Waals surface area contributed by atoms with Crippen LogP contribution in [0.1, 0.15) is 18.1 Å². The molecule has 2 aromatic rings. The topological polar surface area (TPSA) is 88.1 Å². The van der Waals surface area contributed by atoms with Crippen molar-refractivity contribution in [2.24, 2.45) is 11.0 Å². The number of esters is 1. The summed E-state index contributed by atoms with van der Waals surface area (Å²) in [5.41, 5.74) is 3.10. The molecule has 2 aromatic carbocycles. The summed E-state index contributed by atoms with van der Waals surface area (Å²) < 4.78 is 5.07. The van der Waals surface area contributed by atoms with Crippen molar-refractivity contribution in [2.45, 2.75) is 19.4 Å². The number of hydrogen-bond donors (Lipinski definition) is 1. The summed E-state index contributed by atoms with van der Waals surface area (Å²) in [6.07, 6.45) is 0. The zero-order valence-electron chi connectivity index (χ0n) is 15.8. The van der Waals surface area contributed by atoms with Crippen LogP contribution in [0.5, 0.6) is 0 Å². The molecule has 0 bridgehead atoms. The number of ether oxygens (including phenoxy) is 1. The maximum atomic E-state index is 13.6. The van der Waals surface area contributed by atoms with Gasteiger partial charge in [0.2, 0.25) is 5.91 Å². The summed E-state index contributed by atoms with van der Waals surface area (Å²) in [5, 5.41) is 4.54.